The minimum absolute atomic E-state index is 0.00623. The minimum Gasteiger partial charge on any atom is -0.491 e. The number of hydrogen-bond acceptors (Lipinski definition) is 6. The van der Waals surface area contributed by atoms with Crippen LogP contribution in [-0.4, -0.2) is 72.8 Å². The molecule has 0 aliphatic carbocycles. The van der Waals surface area contributed by atoms with E-state index in [9.17, 15) is 9.90 Å². The minimum atomic E-state index is -0.590. The first-order chi connectivity index (χ1) is 16.6. The van der Waals surface area contributed by atoms with Crippen molar-refractivity contribution in [2.75, 3.05) is 51.2 Å². The standard InChI is InChI=1S/C27H31N3O4/c31-23(21-33-24-11-13-26(14-12-24)34-25-9-5-2-6-10-25)19-29-15-17-30(18-16-29)20-27(32)28-22-7-3-1-4-8-22/h1-14,23,31H,15-21H2,(H,28,32)/t23-/m1/s1. The molecule has 1 saturated heterocycles. The lowest BCUT2D eigenvalue weighted by atomic mass is 10.2. The van der Waals surface area contributed by atoms with Crippen molar-refractivity contribution in [3.05, 3.63) is 84.9 Å². The van der Waals surface area contributed by atoms with Gasteiger partial charge in [0.15, 0.2) is 0 Å². The second-order valence-electron chi connectivity index (χ2n) is 8.34. The number of carbonyl (C=O) groups excluding carboxylic acids is 1. The molecular formula is C27H31N3O4. The van der Waals surface area contributed by atoms with Crippen molar-refractivity contribution in [1.82, 2.24) is 9.80 Å². The zero-order valence-electron chi connectivity index (χ0n) is 19.2. The Labute approximate surface area is 200 Å². The number of piperazine rings is 1. The second kappa shape index (κ2) is 12.2. The molecule has 0 spiro atoms. The molecule has 1 fully saturated rings. The number of hydrogen-bond donors (Lipinski definition) is 2. The van der Waals surface area contributed by atoms with Gasteiger partial charge in [-0.1, -0.05) is 36.4 Å². The largest absolute Gasteiger partial charge is 0.491 e. The highest BCUT2D eigenvalue weighted by atomic mass is 16.5. The van der Waals surface area contributed by atoms with Crippen LogP contribution in [0.3, 0.4) is 0 Å². The van der Waals surface area contributed by atoms with Crippen molar-refractivity contribution >= 4 is 11.6 Å². The summed E-state index contributed by atoms with van der Waals surface area (Å²) in [6, 6.07) is 26.5. The smallest absolute Gasteiger partial charge is 0.238 e. The van der Waals surface area contributed by atoms with Crippen LogP contribution in [0.1, 0.15) is 0 Å². The maximum Gasteiger partial charge on any atom is 0.238 e. The number of benzene rings is 3. The highest BCUT2D eigenvalue weighted by Gasteiger charge is 2.21. The van der Waals surface area contributed by atoms with Gasteiger partial charge in [0.25, 0.3) is 0 Å². The van der Waals surface area contributed by atoms with Gasteiger partial charge in [0, 0.05) is 38.4 Å². The van der Waals surface area contributed by atoms with E-state index >= 15 is 0 Å². The van der Waals surface area contributed by atoms with Gasteiger partial charge in [-0.15, -0.1) is 0 Å². The number of para-hydroxylation sites is 2. The Hall–Kier alpha value is -3.39. The summed E-state index contributed by atoms with van der Waals surface area (Å²) < 4.78 is 11.5. The van der Waals surface area contributed by atoms with E-state index in [1.807, 2.05) is 84.9 Å². The number of aliphatic hydroxyl groups is 1. The molecule has 34 heavy (non-hydrogen) atoms. The Balaban J connectivity index is 1.13. The Morgan fingerprint density at radius 1 is 0.794 bits per heavy atom. The molecule has 2 N–H and O–H groups in total. The number of amides is 1. The Morgan fingerprint density at radius 3 is 2.03 bits per heavy atom. The lowest BCUT2D eigenvalue weighted by Gasteiger charge is -2.35. The molecule has 0 saturated carbocycles. The molecule has 1 aliphatic heterocycles. The van der Waals surface area contributed by atoms with E-state index in [1.54, 1.807) is 0 Å². The number of rotatable bonds is 10. The van der Waals surface area contributed by atoms with E-state index in [1.165, 1.54) is 0 Å². The molecule has 3 aromatic rings. The van der Waals surface area contributed by atoms with Gasteiger partial charge in [-0.05, 0) is 48.5 Å². The van der Waals surface area contributed by atoms with E-state index in [0.717, 1.165) is 43.4 Å². The Bertz CT molecular complexity index is 1010. The highest BCUT2D eigenvalue weighted by Crippen LogP contribution is 2.23. The Morgan fingerprint density at radius 2 is 1.35 bits per heavy atom. The van der Waals surface area contributed by atoms with Gasteiger partial charge in [-0.3, -0.25) is 14.6 Å². The average molecular weight is 462 g/mol. The maximum absolute atomic E-state index is 12.2. The third-order valence-electron chi connectivity index (χ3n) is 5.60. The van der Waals surface area contributed by atoms with E-state index in [2.05, 4.69) is 15.1 Å². The number of β-amino-alcohol motifs (C(OH)–C–C–N with tert-alkyl or cyclic N) is 1. The number of nitrogens with one attached hydrogen (secondary N) is 1. The first-order valence-corrected chi connectivity index (χ1v) is 11.6. The molecular weight excluding hydrogens is 430 g/mol. The lowest BCUT2D eigenvalue weighted by molar-refractivity contribution is -0.117. The molecule has 0 radical (unpaired) electrons. The zero-order valence-corrected chi connectivity index (χ0v) is 19.2. The summed E-state index contributed by atoms with van der Waals surface area (Å²) in [5.74, 6) is 2.19. The molecule has 7 heteroatoms. The number of aliphatic hydroxyl groups excluding tert-OH is 1. The molecule has 1 atom stereocenters. The topological polar surface area (TPSA) is 74.3 Å². The predicted molar refractivity (Wildman–Crippen MR) is 132 cm³/mol. The summed E-state index contributed by atoms with van der Waals surface area (Å²) in [4.78, 5) is 16.6. The molecule has 1 amide bonds. The van der Waals surface area contributed by atoms with Crippen LogP contribution in [-0.2, 0) is 4.79 Å². The third kappa shape index (κ3) is 7.59. The van der Waals surface area contributed by atoms with Gasteiger partial charge in [-0.2, -0.15) is 0 Å². The number of ether oxygens (including phenoxy) is 2. The van der Waals surface area contributed by atoms with Crippen LogP contribution >= 0.6 is 0 Å². The highest BCUT2D eigenvalue weighted by molar-refractivity contribution is 5.92. The molecule has 1 heterocycles. The van der Waals surface area contributed by atoms with Crippen LogP contribution in [0.25, 0.3) is 0 Å². The number of carbonyl (C=O) groups is 1. The first kappa shape index (κ1) is 23.8. The van der Waals surface area contributed by atoms with Crippen LogP contribution in [0.4, 0.5) is 5.69 Å². The predicted octanol–water partition coefficient (Wildman–Crippen LogP) is 3.47. The zero-order chi connectivity index (χ0) is 23.6. The summed E-state index contributed by atoms with van der Waals surface area (Å²) in [6.45, 7) is 4.33. The molecule has 4 rings (SSSR count). The van der Waals surface area contributed by atoms with E-state index in [0.29, 0.717) is 18.8 Å². The normalized spacial score (nSPS) is 15.4. The van der Waals surface area contributed by atoms with Crippen molar-refractivity contribution < 1.29 is 19.4 Å². The van der Waals surface area contributed by atoms with Crippen molar-refractivity contribution in [3.8, 4) is 17.2 Å². The van der Waals surface area contributed by atoms with E-state index < -0.39 is 6.10 Å². The molecule has 0 bridgehead atoms. The molecule has 0 unspecified atom stereocenters. The summed E-state index contributed by atoms with van der Waals surface area (Å²) in [5, 5.41) is 13.3. The molecule has 7 nitrogen and oxygen atoms in total. The average Bonchev–Trinajstić information content (AvgIpc) is 2.86. The van der Waals surface area contributed by atoms with Crippen molar-refractivity contribution in [2.24, 2.45) is 0 Å². The quantitative estimate of drug-likeness (QED) is 0.482. The third-order valence-corrected chi connectivity index (χ3v) is 5.60. The van der Waals surface area contributed by atoms with Gasteiger partial charge >= 0.3 is 0 Å². The number of nitrogens with zero attached hydrogens (tertiary/aromatic N) is 2. The fourth-order valence-corrected chi connectivity index (χ4v) is 3.83. The van der Waals surface area contributed by atoms with Crippen LogP contribution < -0.4 is 14.8 Å². The molecule has 0 aromatic heterocycles. The second-order valence-corrected chi connectivity index (χ2v) is 8.34. The lowest BCUT2D eigenvalue weighted by Crippen LogP contribution is -2.50. The van der Waals surface area contributed by atoms with Crippen LogP contribution in [0.2, 0.25) is 0 Å². The van der Waals surface area contributed by atoms with Crippen LogP contribution in [0.5, 0.6) is 17.2 Å². The van der Waals surface area contributed by atoms with Gasteiger partial charge < -0.3 is 19.9 Å². The van der Waals surface area contributed by atoms with Crippen LogP contribution in [0, 0.1) is 0 Å². The van der Waals surface area contributed by atoms with Crippen LogP contribution in [0.15, 0.2) is 84.9 Å². The van der Waals surface area contributed by atoms with Gasteiger partial charge in [-0.25, -0.2) is 0 Å². The summed E-state index contributed by atoms with van der Waals surface area (Å²) in [6.07, 6.45) is -0.590. The van der Waals surface area contributed by atoms with E-state index in [4.69, 9.17) is 9.47 Å². The SMILES string of the molecule is O=C(CN1CCN(C[C@@H](O)COc2ccc(Oc3ccccc3)cc2)CC1)Nc1ccccc1. The molecule has 3 aromatic carbocycles. The molecule has 1 aliphatic rings. The van der Waals surface area contributed by atoms with Crippen molar-refractivity contribution in [3.63, 3.8) is 0 Å². The van der Waals surface area contributed by atoms with Gasteiger partial charge in [0.05, 0.1) is 6.54 Å². The Kier molecular flexibility index (Phi) is 8.51. The maximum atomic E-state index is 12.2. The van der Waals surface area contributed by atoms with Crippen molar-refractivity contribution in [1.29, 1.82) is 0 Å². The van der Waals surface area contributed by atoms with Gasteiger partial charge in [0.1, 0.15) is 30.0 Å². The summed E-state index contributed by atoms with van der Waals surface area (Å²) >= 11 is 0. The summed E-state index contributed by atoms with van der Waals surface area (Å²) in [7, 11) is 0. The first-order valence-electron chi connectivity index (χ1n) is 11.6. The van der Waals surface area contributed by atoms with Gasteiger partial charge in [0.2, 0.25) is 5.91 Å². The van der Waals surface area contributed by atoms with Crippen molar-refractivity contribution in [2.45, 2.75) is 6.10 Å². The molecule has 178 valence electrons. The summed E-state index contributed by atoms with van der Waals surface area (Å²) in [5.41, 5.74) is 0.813. The number of anilines is 1. The fourth-order valence-electron chi connectivity index (χ4n) is 3.83. The van der Waals surface area contributed by atoms with E-state index in [-0.39, 0.29) is 12.5 Å². The monoisotopic (exact) mass is 461 g/mol. The fraction of sp³-hybridized carbons (Fsp3) is 0.296.